The third kappa shape index (κ3) is 9.70. The van der Waals surface area contributed by atoms with Crippen molar-refractivity contribution in [3.8, 4) is 0 Å². The lowest BCUT2D eigenvalue weighted by molar-refractivity contribution is -0.384. The number of benzene rings is 1. The van der Waals surface area contributed by atoms with Crippen molar-refractivity contribution < 1.29 is 38.2 Å². The fourth-order valence-corrected chi connectivity index (χ4v) is 3.87. The van der Waals surface area contributed by atoms with Crippen LogP contribution >= 0.6 is 0 Å². The number of carbonyl (C=O) groups excluding carboxylic acids is 2. The summed E-state index contributed by atoms with van der Waals surface area (Å²) < 4.78 is 26.8. The molecule has 1 heterocycles. The minimum Gasteiger partial charge on any atom is -0.432 e. The van der Waals surface area contributed by atoms with Gasteiger partial charge in [0.15, 0.2) is 0 Å². The maximum Gasteiger partial charge on any atom is 0.513 e. The van der Waals surface area contributed by atoms with Crippen LogP contribution in [-0.2, 0) is 23.7 Å². The van der Waals surface area contributed by atoms with E-state index < -0.39 is 29.3 Å². The maximum absolute atomic E-state index is 12.6. The standard InChI is InChI=1S/C27H38N2O9/c1-6-7-8-9-10-14-34-15-16-35-26(30)37-24-19(4)28-20(5)25(38-27(31)36-18(2)3)23(24)21-12-11-13-22(17-21)29(32)33/h11-13,17-18,23,28H,6-10,14-16H2,1-5H3. The monoisotopic (exact) mass is 534 g/mol. The summed E-state index contributed by atoms with van der Waals surface area (Å²) in [5, 5.41) is 14.4. The number of hydrogen-bond donors (Lipinski definition) is 1. The topological polar surface area (TPSA) is 135 Å². The van der Waals surface area contributed by atoms with Crippen LogP contribution in [0.2, 0.25) is 0 Å². The highest BCUT2D eigenvalue weighted by Gasteiger charge is 2.36. The zero-order valence-electron chi connectivity index (χ0n) is 22.7. The summed E-state index contributed by atoms with van der Waals surface area (Å²) in [5.41, 5.74) is 1.10. The van der Waals surface area contributed by atoms with Crippen LogP contribution in [0.3, 0.4) is 0 Å². The highest BCUT2D eigenvalue weighted by molar-refractivity contribution is 5.65. The van der Waals surface area contributed by atoms with Gasteiger partial charge in [0, 0.05) is 18.7 Å². The number of carbonyl (C=O) groups is 2. The van der Waals surface area contributed by atoms with Crippen molar-refractivity contribution in [1.82, 2.24) is 5.32 Å². The van der Waals surface area contributed by atoms with Crippen molar-refractivity contribution in [2.24, 2.45) is 0 Å². The molecule has 11 heteroatoms. The number of unbranched alkanes of at least 4 members (excludes halogenated alkanes) is 4. The van der Waals surface area contributed by atoms with Gasteiger partial charge in [-0.25, -0.2) is 9.59 Å². The molecular formula is C27H38N2O9. The largest absolute Gasteiger partial charge is 0.513 e. The van der Waals surface area contributed by atoms with Crippen molar-refractivity contribution >= 4 is 18.0 Å². The lowest BCUT2D eigenvalue weighted by Gasteiger charge is -2.30. The molecule has 2 rings (SSSR count). The average molecular weight is 535 g/mol. The average Bonchev–Trinajstić information content (AvgIpc) is 2.85. The highest BCUT2D eigenvalue weighted by Crippen LogP contribution is 2.40. The van der Waals surface area contributed by atoms with Crippen LogP contribution < -0.4 is 5.32 Å². The Morgan fingerprint density at radius 1 is 0.974 bits per heavy atom. The molecule has 1 unspecified atom stereocenters. The van der Waals surface area contributed by atoms with Gasteiger partial charge in [-0.3, -0.25) is 10.1 Å². The Bertz CT molecular complexity index is 1030. The first-order chi connectivity index (χ1) is 18.1. The van der Waals surface area contributed by atoms with Crippen molar-refractivity contribution in [3.05, 3.63) is 62.9 Å². The second-order valence-corrected chi connectivity index (χ2v) is 9.13. The van der Waals surface area contributed by atoms with Crippen molar-refractivity contribution in [2.45, 2.75) is 78.7 Å². The number of hydrogen-bond acceptors (Lipinski definition) is 10. The van der Waals surface area contributed by atoms with Crippen LogP contribution in [-0.4, -0.2) is 43.2 Å². The van der Waals surface area contributed by atoms with E-state index in [0.717, 1.165) is 12.8 Å². The fraction of sp³-hybridized carbons (Fsp3) is 0.556. The minimum atomic E-state index is -0.980. The number of rotatable bonds is 14. The Morgan fingerprint density at radius 3 is 2.26 bits per heavy atom. The van der Waals surface area contributed by atoms with Crippen LogP contribution in [0.1, 0.15) is 78.2 Å². The summed E-state index contributed by atoms with van der Waals surface area (Å²) >= 11 is 0. The Morgan fingerprint density at radius 2 is 1.63 bits per heavy atom. The highest BCUT2D eigenvalue weighted by atomic mass is 16.7. The van der Waals surface area contributed by atoms with Gasteiger partial charge in [0.05, 0.1) is 29.0 Å². The van der Waals surface area contributed by atoms with Crippen molar-refractivity contribution in [3.63, 3.8) is 0 Å². The molecule has 0 saturated heterocycles. The van der Waals surface area contributed by atoms with E-state index in [-0.39, 0.29) is 30.4 Å². The van der Waals surface area contributed by atoms with Crippen molar-refractivity contribution in [2.75, 3.05) is 19.8 Å². The summed E-state index contributed by atoms with van der Waals surface area (Å²) in [6, 6.07) is 5.78. The molecule has 0 fully saturated rings. The molecule has 0 radical (unpaired) electrons. The van der Waals surface area contributed by atoms with Gasteiger partial charge < -0.3 is 29.0 Å². The first kappa shape index (κ1) is 30.6. The Balaban J connectivity index is 2.15. The van der Waals surface area contributed by atoms with E-state index in [9.17, 15) is 19.7 Å². The number of allylic oxidation sites excluding steroid dienone is 2. The number of nitro groups is 1. The molecule has 38 heavy (non-hydrogen) atoms. The number of nitro benzene ring substituents is 1. The van der Waals surface area contributed by atoms with Gasteiger partial charge in [-0.2, -0.15) is 0 Å². The number of ether oxygens (including phenoxy) is 5. The van der Waals surface area contributed by atoms with Gasteiger partial charge in [0.25, 0.3) is 5.69 Å². The Hall–Kier alpha value is -3.60. The third-order valence-electron chi connectivity index (χ3n) is 5.61. The predicted octanol–water partition coefficient (Wildman–Crippen LogP) is 6.45. The minimum absolute atomic E-state index is 0.00599. The first-order valence-corrected chi connectivity index (χ1v) is 12.9. The molecule has 0 aliphatic carbocycles. The van der Waals surface area contributed by atoms with E-state index in [1.54, 1.807) is 33.8 Å². The van der Waals surface area contributed by atoms with Gasteiger partial charge in [0.2, 0.25) is 0 Å². The lowest BCUT2D eigenvalue weighted by Crippen LogP contribution is -2.29. The van der Waals surface area contributed by atoms with E-state index in [1.807, 2.05) is 0 Å². The first-order valence-electron chi connectivity index (χ1n) is 12.9. The maximum atomic E-state index is 12.6. The normalized spacial score (nSPS) is 15.3. The molecule has 210 valence electrons. The number of nitrogens with zero attached hydrogens (tertiary/aromatic N) is 1. The molecule has 1 atom stereocenters. The molecule has 11 nitrogen and oxygen atoms in total. The molecule has 0 spiro atoms. The quantitative estimate of drug-likeness (QED) is 0.123. The van der Waals surface area contributed by atoms with Crippen LogP contribution in [0.5, 0.6) is 0 Å². The van der Waals surface area contributed by atoms with Gasteiger partial charge in [-0.05, 0) is 39.7 Å². The number of non-ortho nitro benzene ring substituents is 1. The van der Waals surface area contributed by atoms with E-state index >= 15 is 0 Å². The summed E-state index contributed by atoms with van der Waals surface area (Å²) in [6.07, 6.45) is 3.22. The zero-order valence-corrected chi connectivity index (χ0v) is 22.7. The molecule has 1 N–H and O–H groups in total. The van der Waals surface area contributed by atoms with Gasteiger partial charge in [-0.15, -0.1) is 0 Å². The summed E-state index contributed by atoms with van der Waals surface area (Å²) in [6.45, 7) is 9.64. The van der Waals surface area contributed by atoms with Gasteiger partial charge in [-0.1, -0.05) is 44.7 Å². The lowest BCUT2D eigenvalue weighted by atomic mass is 9.90. The molecule has 0 amide bonds. The fourth-order valence-electron chi connectivity index (χ4n) is 3.87. The van der Waals surface area contributed by atoms with Gasteiger partial charge in [0.1, 0.15) is 24.0 Å². The van der Waals surface area contributed by atoms with E-state index in [0.29, 0.717) is 23.6 Å². The number of dihydropyridines is 1. The SMILES string of the molecule is CCCCCCCOCCOC(=O)OC1=C(C)NC(C)=C(OC(=O)OC(C)C)C1c1cccc([N+](=O)[O-])c1. The molecule has 1 aliphatic rings. The molecule has 0 bridgehead atoms. The molecular weight excluding hydrogens is 496 g/mol. The Labute approximate surface area is 223 Å². The van der Waals surface area contributed by atoms with Crippen LogP contribution in [0, 0.1) is 10.1 Å². The molecule has 0 aromatic heterocycles. The molecule has 0 saturated carbocycles. The van der Waals surface area contributed by atoms with Crippen LogP contribution in [0.25, 0.3) is 0 Å². The molecule has 1 aromatic rings. The van der Waals surface area contributed by atoms with E-state index in [2.05, 4.69) is 12.2 Å². The molecule has 1 aliphatic heterocycles. The van der Waals surface area contributed by atoms with Crippen molar-refractivity contribution in [1.29, 1.82) is 0 Å². The van der Waals surface area contributed by atoms with Gasteiger partial charge >= 0.3 is 12.3 Å². The van der Waals surface area contributed by atoms with Crippen LogP contribution in [0.4, 0.5) is 15.3 Å². The van der Waals surface area contributed by atoms with E-state index in [1.165, 1.54) is 37.5 Å². The zero-order chi connectivity index (χ0) is 28.1. The third-order valence-corrected chi connectivity index (χ3v) is 5.61. The van der Waals surface area contributed by atoms with Crippen LogP contribution in [0.15, 0.2) is 47.2 Å². The summed E-state index contributed by atoms with van der Waals surface area (Å²) in [7, 11) is 0. The smallest absolute Gasteiger partial charge is 0.432 e. The second kappa shape index (κ2) is 15.6. The molecule has 1 aromatic carbocycles. The predicted molar refractivity (Wildman–Crippen MR) is 139 cm³/mol. The summed E-state index contributed by atoms with van der Waals surface area (Å²) in [4.78, 5) is 35.8. The number of nitrogens with one attached hydrogen (secondary N) is 1. The summed E-state index contributed by atoms with van der Waals surface area (Å²) in [5.74, 6) is -0.802. The second-order valence-electron chi connectivity index (χ2n) is 9.13. The van der Waals surface area contributed by atoms with E-state index in [4.69, 9.17) is 23.7 Å². The Kier molecular flexibility index (Phi) is 12.6.